The number of Topliss-reactive ketones (excluding diaryl/α,β-unsaturated/α-hetero) is 1. The Morgan fingerprint density at radius 1 is 1.52 bits per heavy atom. The van der Waals surface area contributed by atoms with E-state index < -0.39 is 0 Å². The van der Waals surface area contributed by atoms with Crippen molar-refractivity contribution in [3.63, 3.8) is 0 Å². The molecule has 0 N–H and O–H groups in total. The van der Waals surface area contributed by atoms with E-state index in [1.807, 2.05) is 13.8 Å². The maximum Gasteiger partial charge on any atom is 0.192 e. The van der Waals surface area contributed by atoms with Crippen molar-refractivity contribution in [3.05, 3.63) is 33.8 Å². The third kappa shape index (κ3) is 2.39. The molecule has 1 aliphatic carbocycles. The molecule has 3 rings (SSSR count). The summed E-state index contributed by atoms with van der Waals surface area (Å²) in [5, 5.41) is 6.41. The zero-order valence-electron chi connectivity index (χ0n) is 12.6. The van der Waals surface area contributed by atoms with Crippen molar-refractivity contribution in [1.29, 1.82) is 0 Å². The number of ether oxygens (including phenoxy) is 1. The molecule has 21 heavy (non-hydrogen) atoms. The molecule has 1 unspecified atom stereocenters. The largest absolute Gasteiger partial charge is 0.493 e. The maximum absolute atomic E-state index is 13.1. The van der Waals surface area contributed by atoms with Crippen LogP contribution < -0.4 is 4.74 Å². The Morgan fingerprint density at radius 3 is 3.05 bits per heavy atom. The summed E-state index contributed by atoms with van der Waals surface area (Å²) in [6.07, 6.45) is 4.72. The molecular formula is C16H20N2O2S. The minimum absolute atomic E-state index is 0.0527. The lowest BCUT2D eigenvalue weighted by molar-refractivity contribution is 0.0935. The van der Waals surface area contributed by atoms with Crippen LogP contribution in [-0.2, 0) is 6.42 Å². The normalized spacial score (nSPS) is 17.8. The zero-order chi connectivity index (χ0) is 15.0. The fourth-order valence-electron chi connectivity index (χ4n) is 3.05. The van der Waals surface area contributed by atoms with Crippen molar-refractivity contribution in [2.24, 2.45) is 0 Å². The summed E-state index contributed by atoms with van der Waals surface area (Å²) in [6.45, 7) is 4.06. The molecule has 5 heteroatoms. The number of rotatable bonds is 4. The molecule has 1 atom stereocenters. The van der Waals surface area contributed by atoms with Crippen LogP contribution in [0.15, 0.2) is 17.6 Å². The lowest BCUT2D eigenvalue weighted by Gasteiger charge is -2.22. The average molecular weight is 304 g/mol. The summed E-state index contributed by atoms with van der Waals surface area (Å²) in [5.41, 5.74) is 1.81. The molecular weight excluding hydrogens is 284 g/mol. The Labute approximate surface area is 128 Å². The number of hydrogen-bond donors (Lipinski definition) is 0. The molecule has 4 nitrogen and oxygen atoms in total. The first-order valence-electron chi connectivity index (χ1n) is 7.35. The Hall–Kier alpha value is -1.62. The topological polar surface area (TPSA) is 44.1 Å². The zero-order valence-corrected chi connectivity index (χ0v) is 13.4. The third-order valence-corrected chi connectivity index (χ3v) is 5.07. The fraction of sp³-hybridized carbons (Fsp3) is 0.500. The van der Waals surface area contributed by atoms with E-state index in [-0.39, 0.29) is 17.7 Å². The number of fused-ring (bicyclic) bond motifs is 1. The van der Waals surface area contributed by atoms with Gasteiger partial charge in [-0.3, -0.25) is 9.48 Å². The molecule has 1 aliphatic rings. The van der Waals surface area contributed by atoms with Crippen LogP contribution in [0.3, 0.4) is 0 Å². The fourth-order valence-corrected chi connectivity index (χ4v) is 4.03. The summed E-state index contributed by atoms with van der Waals surface area (Å²) in [6, 6.07) is 2.24. The van der Waals surface area contributed by atoms with Crippen molar-refractivity contribution in [2.75, 3.05) is 7.11 Å². The predicted molar refractivity (Wildman–Crippen MR) is 83.5 cm³/mol. The van der Waals surface area contributed by atoms with E-state index in [0.717, 1.165) is 19.3 Å². The number of methoxy groups -OCH3 is 1. The van der Waals surface area contributed by atoms with E-state index in [1.165, 1.54) is 10.4 Å². The molecule has 0 aromatic carbocycles. The first-order valence-corrected chi connectivity index (χ1v) is 8.23. The second-order valence-corrected chi connectivity index (χ2v) is 6.71. The monoisotopic (exact) mass is 304 g/mol. The molecule has 2 aromatic heterocycles. The van der Waals surface area contributed by atoms with Crippen molar-refractivity contribution in [2.45, 2.75) is 45.1 Å². The standard InChI is InChI=1S/C16H20N2O2S/c1-10(2)18-15(13(20-3)9-17-18)16(19)12-5-4-6-14-11(12)7-8-21-14/h7-10,12H,4-6H2,1-3H3. The van der Waals surface area contributed by atoms with Crippen molar-refractivity contribution in [1.82, 2.24) is 9.78 Å². The minimum Gasteiger partial charge on any atom is -0.493 e. The third-order valence-electron chi connectivity index (χ3n) is 4.07. The van der Waals surface area contributed by atoms with Crippen molar-refractivity contribution >= 4 is 17.1 Å². The number of carbonyl (C=O) groups excluding carboxylic acids is 1. The number of hydrogen-bond acceptors (Lipinski definition) is 4. The second-order valence-electron chi connectivity index (χ2n) is 5.71. The quantitative estimate of drug-likeness (QED) is 0.806. The average Bonchev–Trinajstić information content (AvgIpc) is 3.11. The Balaban J connectivity index is 2.02. The van der Waals surface area contributed by atoms with Gasteiger partial charge in [-0.1, -0.05) is 0 Å². The Kier molecular flexibility index (Phi) is 3.85. The highest BCUT2D eigenvalue weighted by Gasteiger charge is 2.32. The number of thiophene rings is 1. The van der Waals surface area contributed by atoms with E-state index in [9.17, 15) is 4.79 Å². The molecule has 0 spiro atoms. The van der Waals surface area contributed by atoms with Gasteiger partial charge in [0.05, 0.1) is 19.2 Å². The summed E-state index contributed by atoms with van der Waals surface area (Å²) in [4.78, 5) is 14.4. The molecule has 0 saturated carbocycles. The van der Waals surface area contributed by atoms with Gasteiger partial charge in [-0.25, -0.2) is 0 Å². The molecule has 0 saturated heterocycles. The van der Waals surface area contributed by atoms with E-state index in [1.54, 1.807) is 29.3 Å². The van der Waals surface area contributed by atoms with Gasteiger partial charge in [0.15, 0.2) is 11.5 Å². The number of ketones is 1. The van der Waals surface area contributed by atoms with Crippen LogP contribution in [0.25, 0.3) is 0 Å². The smallest absolute Gasteiger partial charge is 0.192 e. The highest BCUT2D eigenvalue weighted by atomic mass is 32.1. The van der Waals surface area contributed by atoms with Crippen LogP contribution in [0.1, 0.15) is 59.6 Å². The van der Waals surface area contributed by atoms with E-state index in [4.69, 9.17) is 4.74 Å². The molecule has 0 bridgehead atoms. The number of carbonyl (C=O) groups is 1. The predicted octanol–water partition coefficient (Wildman–Crippen LogP) is 3.84. The van der Waals surface area contributed by atoms with Crippen LogP contribution >= 0.6 is 11.3 Å². The molecule has 0 fully saturated rings. The molecule has 112 valence electrons. The Bertz CT molecular complexity index is 657. The molecule has 0 amide bonds. The lowest BCUT2D eigenvalue weighted by atomic mass is 9.83. The van der Waals surface area contributed by atoms with Gasteiger partial charge < -0.3 is 4.74 Å². The SMILES string of the molecule is COc1cnn(C(C)C)c1C(=O)C1CCCc2sccc21. The molecule has 0 radical (unpaired) electrons. The summed E-state index contributed by atoms with van der Waals surface area (Å²) < 4.78 is 7.14. The highest BCUT2D eigenvalue weighted by Crippen LogP contribution is 2.38. The van der Waals surface area contributed by atoms with Crippen LogP contribution in [-0.4, -0.2) is 22.7 Å². The number of nitrogens with zero attached hydrogens (tertiary/aromatic N) is 2. The van der Waals surface area contributed by atoms with E-state index >= 15 is 0 Å². The minimum atomic E-state index is -0.0527. The van der Waals surface area contributed by atoms with Gasteiger partial charge in [-0.05, 0) is 50.1 Å². The van der Waals surface area contributed by atoms with Crippen LogP contribution in [0, 0.1) is 0 Å². The van der Waals surface area contributed by atoms with Crippen molar-refractivity contribution in [3.8, 4) is 5.75 Å². The van der Waals surface area contributed by atoms with Gasteiger partial charge in [0.25, 0.3) is 0 Å². The molecule has 0 aliphatic heterocycles. The number of aryl methyl sites for hydroxylation is 1. The van der Waals surface area contributed by atoms with Gasteiger partial charge in [-0.15, -0.1) is 11.3 Å². The lowest BCUT2D eigenvalue weighted by Crippen LogP contribution is -2.22. The molecule has 2 heterocycles. The van der Waals surface area contributed by atoms with E-state index in [0.29, 0.717) is 11.4 Å². The summed E-state index contributed by atoms with van der Waals surface area (Å²) >= 11 is 1.76. The molecule has 2 aromatic rings. The van der Waals surface area contributed by atoms with Crippen LogP contribution in [0.2, 0.25) is 0 Å². The summed E-state index contributed by atoms with van der Waals surface area (Å²) in [5.74, 6) is 0.663. The van der Waals surface area contributed by atoms with E-state index in [2.05, 4.69) is 16.5 Å². The van der Waals surface area contributed by atoms with Gasteiger partial charge >= 0.3 is 0 Å². The van der Waals surface area contributed by atoms with Crippen molar-refractivity contribution < 1.29 is 9.53 Å². The first kappa shape index (κ1) is 14.3. The van der Waals surface area contributed by atoms with Gasteiger partial charge in [0.1, 0.15) is 5.69 Å². The van der Waals surface area contributed by atoms with Gasteiger partial charge in [0, 0.05) is 10.9 Å². The Morgan fingerprint density at radius 2 is 2.33 bits per heavy atom. The maximum atomic E-state index is 13.1. The first-order chi connectivity index (χ1) is 10.1. The summed E-state index contributed by atoms with van der Waals surface area (Å²) in [7, 11) is 1.59. The van der Waals surface area contributed by atoms with Crippen LogP contribution in [0.5, 0.6) is 5.75 Å². The van der Waals surface area contributed by atoms with Crippen LogP contribution in [0.4, 0.5) is 0 Å². The van der Waals surface area contributed by atoms with Gasteiger partial charge in [0.2, 0.25) is 0 Å². The second kappa shape index (κ2) is 5.64. The van der Waals surface area contributed by atoms with Gasteiger partial charge in [-0.2, -0.15) is 5.10 Å². The highest BCUT2D eigenvalue weighted by molar-refractivity contribution is 7.10. The number of aromatic nitrogens is 2.